The third kappa shape index (κ3) is 1.99. The summed E-state index contributed by atoms with van der Waals surface area (Å²) < 4.78 is 4.86. The summed E-state index contributed by atoms with van der Waals surface area (Å²) >= 11 is 0. The third-order valence-electron chi connectivity index (χ3n) is 1.36. The van der Waals surface area contributed by atoms with Crippen molar-refractivity contribution in [2.75, 3.05) is 13.7 Å². The van der Waals surface area contributed by atoms with E-state index in [0.717, 1.165) is 13.0 Å². The van der Waals surface area contributed by atoms with Crippen LogP contribution in [-0.2, 0) is 4.74 Å². The van der Waals surface area contributed by atoms with Gasteiger partial charge in [0.1, 0.15) is 0 Å². The molecule has 1 fully saturated rings. The minimum atomic E-state index is 0. The molecule has 2 nitrogen and oxygen atoms in total. The van der Waals surface area contributed by atoms with Crippen LogP contribution in [0, 0.1) is 5.92 Å². The van der Waals surface area contributed by atoms with E-state index < -0.39 is 0 Å². The predicted octanol–water partition coefficient (Wildman–Crippen LogP) is 0.402. The van der Waals surface area contributed by atoms with E-state index in [-0.39, 0.29) is 12.4 Å². The van der Waals surface area contributed by atoms with Gasteiger partial charge in [0.15, 0.2) is 0 Å². The number of halogens is 1. The van der Waals surface area contributed by atoms with Crippen molar-refractivity contribution in [1.82, 2.24) is 0 Å². The van der Waals surface area contributed by atoms with Crippen molar-refractivity contribution < 1.29 is 4.74 Å². The SMILES string of the molecule is COC[C@H]1C[C@@H]1N.Cl. The molecular weight excluding hydrogens is 126 g/mol. The van der Waals surface area contributed by atoms with Gasteiger partial charge in [0.25, 0.3) is 0 Å². The van der Waals surface area contributed by atoms with Gasteiger partial charge in [-0.2, -0.15) is 0 Å². The number of ether oxygens (including phenoxy) is 1. The van der Waals surface area contributed by atoms with E-state index in [1.165, 1.54) is 0 Å². The molecule has 0 spiro atoms. The number of methoxy groups -OCH3 is 1. The van der Waals surface area contributed by atoms with Crippen LogP contribution in [0.3, 0.4) is 0 Å². The second-order valence-corrected chi connectivity index (χ2v) is 2.11. The summed E-state index contributed by atoms with van der Waals surface area (Å²) in [6, 6.07) is 0.444. The van der Waals surface area contributed by atoms with Crippen molar-refractivity contribution >= 4 is 12.4 Å². The van der Waals surface area contributed by atoms with E-state index in [2.05, 4.69) is 0 Å². The minimum absolute atomic E-state index is 0. The number of rotatable bonds is 2. The van der Waals surface area contributed by atoms with Crippen molar-refractivity contribution in [3.05, 3.63) is 0 Å². The molecule has 0 aromatic carbocycles. The first-order valence-electron chi connectivity index (χ1n) is 2.59. The molecule has 0 aliphatic heterocycles. The van der Waals surface area contributed by atoms with Crippen LogP contribution in [0.25, 0.3) is 0 Å². The van der Waals surface area contributed by atoms with Crippen LogP contribution in [-0.4, -0.2) is 19.8 Å². The molecule has 0 saturated heterocycles. The van der Waals surface area contributed by atoms with Crippen molar-refractivity contribution in [2.45, 2.75) is 12.5 Å². The van der Waals surface area contributed by atoms with Crippen LogP contribution in [0.1, 0.15) is 6.42 Å². The maximum atomic E-state index is 5.47. The summed E-state index contributed by atoms with van der Waals surface area (Å²) in [6.45, 7) is 0.848. The zero-order valence-corrected chi connectivity index (χ0v) is 5.78. The van der Waals surface area contributed by atoms with Gasteiger partial charge in [-0.15, -0.1) is 12.4 Å². The summed E-state index contributed by atoms with van der Waals surface area (Å²) in [5.41, 5.74) is 5.47. The summed E-state index contributed by atoms with van der Waals surface area (Å²) in [5.74, 6) is 0.671. The van der Waals surface area contributed by atoms with Gasteiger partial charge in [0, 0.05) is 13.2 Å². The molecule has 0 heterocycles. The molecule has 2 N–H and O–H groups in total. The van der Waals surface area contributed by atoms with Gasteiger partial charge in [-0.1, -0.05) is 0 Å². The molecule has 0 unspecified atom stereocenters. The summed E-state index contributed by atoms with van der Waals surface area (Å²) in [7, 11) is 1.71. The lowest BCUT2D eigenvalue weighted by Crippen LogP contribution is -2.05. The first-order chi connectivity index (χ1) is 3.34. The van der Waals surface area contributed by atoms with Crippen LogP contribution in [0.2, 0.25) is 0 Å². The van der Waals surface area contributed by atoms with Crippen molar-refractivity contribution in [3.8, 4) is 0 Å². The molecular formula is C5H12ClNO. The van der Waals surface area contributed by atoms with Crippen LogP contribution in [0.4, 0.5) is 0 Å². The minimum Gasteiger partial charge on any atom is -0.384 e. The zero-order valence-electron chi connectivity index (χ0n) is 4.96. The van der Waals surface area contributed by atoms with Crippen LogP contribution >= 0.6 is 12.4 Å². The van der Waals surface area contributed by atoms with Gasteiger partial charge in [-0.05, 0) is 12.3 Å². The lowest BCUT2D eigenvalue weighted by molar-refractivity contribution is 0.184. The average Bonchev–Trinajstić information content (AvgIpc) is 2.22. The maximum absolute atomic E-state index is 5.47. The van der Waals surface area contributed by atoms with Gasteiger partial charge in [-0.3, -0.25) is 0 Å². The summed E-state index contributed by atoms with van der Waals surface area (Å²) in [5, 5.41) is 0. The zero-order chi connectivity index (χ0) is 5.28. The van der Waals surface area contributed by atoms with E-state index in [1.807, 2.05) is 0 Å². The molecule has 1 saturated carbocycles. The topological polar surface area (TPSA) is 35.2 Å². The first kappa shape index (κ1) is 8.21. The highest BCUT2D eigenvalue weighted by atomic mass is 35.5. The monoisotopic (exact) mass is 137 g/mol. The van der Waals surface area contributed by atoms with Crippen LogP contribution in [0.5, 0.6) is 0 Å². The molecule has 1 aliphatic rings. The second kappa shape index (κ2) is 3.28. The Bertz CT molecular complexity index is 69.4. The van der Waals surface area contributed by atoms with E-state index in [4.69, 9.17) is 10.5 Å². The number of hydrogen-bond donors (Lipinski definition) is 1. The molecule has 2 atom stereocenters. The first-order valence-corrected chi connectivity index (χ1v) is 2.59. The van der Waals surface area contributed by atoms with Crippen LogP contribution in [0.15, 0.2) is 0 Å². The summed E-state index contributed by atoms with van der Waals surface area (Å²) in [4.78, 5) is 0. The van der Waals surface area contributed by atoms with Crippen molar-refractivity contribution in [1.29, 1.82) is 0 Å². The van der Waals surface area contributed by atoms with Crippen molar-refractivity contribution in [2.24, 2.45) is 11.7 Å². The van der Waals surface area contributed by atoms with Gasteiger partial charge < -0.3 is 10.5 Å². The Kier molecular flexibility index (Phi) is 3.36. The Labute approximate surface area is 55.8 Å². The van der Waals surface area contributed by atoms with Crippen LogP contribution < -0.4 is 5.73 Å². The summed E-state index contributed by atoms with van der Waals surface area (Å²) in [6.07, 6.45) is 1.16. The molecule has 0 aromatic heterocycles. The Balaban J connectivity index is 0.000000490. The molecule has 0 bridgehead atoms. The molecule has 1 rings (SSSR count). The number of hydrogen-bond acceptors (Lipinski definition) is 2. The Morgan fingerprint density at radius 2 is 2.25 bits per heavy atom. The standard InChI is InChI=1S/C5H11NO.ClH/c1-7-3-4-2-5(4)6;/h4-5H,2-3,6H2,1H3;1H/t4-,5+;/m1./s1. The Morgan fingerprint density at radius 3 is 2.38 bits per heavy atom. The highest BCUT2D eigenvalue weighted by Gasteiger charge is 2.32. The smallest absolute Gasteiger partial charge is 0.0505 e. The van der Waals surface area contributed by atoms with E-state index in [0.29, 0.717) is 12.0 Å². The van der Waals surface area contributed by atoms with Crippen molar-refractivity contribution in [3.63, 3.8) is 0 Å². The Hall–Kier alpha value is 0.210. The maximum Gasteiger partial charge on any atom is 0.0505 e. The second-order valence-electron chi connectivity index (χ2n) is 2.11. The molecule has 1 aliphatic carbocycles. The van der Waals surface area contributed by atoms with Gasteiger partial charge in [0.05, 0.1) is 6.61 Å². The van der Waals surface area contributed by atoms with Gasteiger partial charge >= 0.3 is 0 Å². The molecule has 0 amide bonds. The molecule has 50 valence electrons. The third-order valence-corrected chi connectivity index (χ3v) is 1.36. The fourth-order valence-electron chi connectivity index (χ4n) is 0.677. The highest BCUT2D eigenvalue weighted by Crippen LogP contribution is 2.27. The quantitative estimate of drug-likeness (QED) is 0.598. The molecule has 3 heteroatoms. The van der Waals surface area contributed by atoms with E-state index >= 15 is 0 Å². The van der Waals surface area contributed by atoms with E-state index in [1.54, 1.807) is 7.11 Å². The molecule has 0 radical (unpaired) electrons. The normalized spacial score (nSPS) is 33.8. The average molecular weight is 138 g/mol. The van der Waals surface area contributed by atoms with Gasteiger partial charge in [0.2, 0.25) is 0 Å². The highest BCUT2D eigenvalue weighted by molar-refractivity contribution is 5.85. The predicted molar refractivity (Wildman–Crippen MR) is 35.2 cm³/mol. The Morgan fingerprint density at radius 1 is 1.75 bits per heavy atom. The molecule has 0 aromatic rings. The lowest BCUT2D eigenvalue weighted by atomic mass is 10.4. The fourth-order valence-corrected chi connectivity index (χ4v) is 0.677. The van der Waals surface area contributed by atoms with E-state index in [9.17, 15) is 0 Å². The molecule has 8 heavy (non-hydrogen) atoms. The largest absolute Gasteiger partial charge is 0.384 e. The number of nitrogens with two attached hydrogens (primary N) is 1. The fraction of sp³-hybridized carbons (Fsp3) is 1.00. The lowest BCUT2D eigenvalue weighted by Gasteiger charge is -1.89. The van der Waals surface area contributed by atoms with Gasteiger partial charge in [-0.25, -0.2) is 0 Å².